The van der Waals surface area contributed by atoms with E-state index in [-0.39, 0.29) is 30.8 Å². The first-order valence-electron chi connectivity index (χ1n) is 11.0. The molecule has 6 heteroatoms. The molecule has 0 saturated heterocycles. The Balaban J connectivity index is 2.28. The molecule has 2 rings (SSSR count). The normalized spacial score (nSPS) is 12.2. The average molecular weight is 443 g/mol. The number of amides is 2. The lowest BCUT2D eigenvalue weighted by Crippen LogP contribution is -2.54. The van der Waals surface area contributed by atoms with E-state index in [4.69, 9.17) is 4.74 Å². The maximum absolute atomic E-state index is 13.4. The van der Waals surface area contributed by atoms with Crippen LogP contribution in [0.3, 0.4) is 0 Å². The molecule has 2 aromatic rings. The molecule has 0 unspecified atom stereocenters. The number of nitrogens with one attached hydrogen (secondary N) is 1. The Hall–Kier alpha value is -2.89. The summed E-state index contributed by atoms with van der Waals surface area (Å²) in [5, 5.41) is 2.96. The van der Waals surface area contributed by atoms with Crippen LogP contribution in [0.4, 0.5) is 4.39 Å². The molecule has 0 bridgehead atoms. The minimum atomic E-state index is -0.671. The summed E-state index contributed by atoms with van der Waals surface area (Å²) in [6.07, 6.45) is 0.442. The second-order valence-electron chi connectivity index (χ2n) is 9.31. The number of ether oxygens (including phenoxy) is 1. The van der Waals surface area contributed by atoms with Crippen LogP contribution in [0, 0.1) is 26.6 Å². The molecule has 0 aliphatic carbocycles. The Morgan fingerprint density at radius 3 is 2.28 bits per heavy atom. The van der Waals surface area contributed by atoms with E-state index in [0.717, 1.165) is 22.3 Å². The Morgan fingerprint density at radius 1 is 1.09 bits per heavy atom. The van der Waals surface area contributed by atoms with Gasteiger partial charge >= 0.3 is 0 Å². The molecule has 0 spiro atoms. The van der Waals surface area contributed by atoms with Crippen molar-refractivity contribution in [2.45, 2.75) is 73.0 Å². The third-order valence-corrected chi connectivity index (χ3v) is 5.27. The zero-order valence-electron chi connectivity index (χ0n) is 20.2. The van der Waals surface area contributed by atoms with Crippen molar-refractivity contribution in [3.05, 3.63) is 64.5 Å². The van der Waals surface area contributed by atoms with Crippen LogP contribution in [0.5, 0.6) is 5.75 Å². The van der Waals surface area contributed by atoms with Gasteiger partial charge in [-0.25, -0.2) is 4.39 Å². The summed E-state index contributed by atoms with van der Waals surface area (Å²) in [5.74, 6) is -0.218. The predicted molar refractivity (Wildman–Crippen MR) is 125 cm³/mol. The van der Waals surface area contributed by atoms with Crippen molar-refractivity contribution < 1.29 is 18.7 Å². The fourth-order valence-electron chi connectivity index (χ4n) is 3.53. The van der Waals surface area contributed by atoms with Gasteiger partial charge in [-0.15, -0.1) is 0 Å². The molecule has 1 atom stereocenters. The number of hydrogen-bond acceptors (Lipinski definition) is 3. The number of hydrogen-bond donors (Lipinski definition) is 1. The topological polar surface area (TPSA) is 58.6 Å². The molecular formula is C26H35FN2O3. The lowest BCUT2D eigenvalue weighted by atomic mass is 10.1. The number of aryl methyl sites for hydroxylation is 2. The molecule has 0 heterocycles. The highest BCUT2D eigenvalue weighted by Crippen LogP contribution is 2.24. The third kappa shape index (κ3) is 7.08. The van der Waals surface area contributed by atoms with Crippen molar-refractivity contribution in [1.29, 1.82) is 0 Å². The van der Waals surface area contributed by atoms with Crippen molar-refractivity contribution in [1.82, 2.24) is 10.2 Å². The van der Waals surface area contributed by atoms with Crippen LogP contribution in [-0.2, 0) is 16.1 Å². The molecule has 1 N–H and O–H groups in total. The van der Waals surface area contributed by atoms with Gasteiger partial charge in [0, 0.05) is 12.1 Å². The summed E-state index contributed by atoms with van der Waals surface area (Å²) in [6.45, 7) is 13.5. The van der Waals surface area contributed by atoms with Crippen molar-refractivity contribution >= 4 is 11.8 Å². The number of carbonyl (C=O) groups excluding carboxylic acids is 2. The van der Waals surface area contributed by atoms with Gasteiger partial charge in [0.15, 0.2) is 6.61 Å². The van der Waals surface area contributed by atoms with Gasteiger partial charge in [-0.2, -0.15) is 0 Å². The molecule has 2 amide bonds. The van der Waals surface area contributed by atoms with E-state index in [1.165, 1.54) is 17.0 Å². The molecule has 32 heavy (non-hydrogen) atoms. The van der Waals surface area contributed by atoms with Gasteiger partial charge < -0.3 is 15.0 Å². The van der Waals surface area contributed by atoms with Gasteiger partial charge in [0.2, 0.25) is 5.91 Å². The summed E-state index contributed by atoms with van der Waals surface area (Å²) >= 11 is 0. The summed E-state index contributed by atoms with van der Waals surface area (Å²) < 4.78 is 19.3. The van der Waals surface area contributed by atoms with Gasteiger partial charge in [0.25, 0.3) is 5.91 Å². The maximum atomic E-state index is 13.4. The first-order valence-corrected chi connectivity index (χ1v) is 11.0. The molecule has 0 fully saturated rings. The molecule has 0 aromatic heterocycles. The Morgan fingerprint density at radius 2 is 1.72 bits per heavy atom. The largest absolute Gasteiger partial charge is 0.483 e. The van der Waals surface area contributed by atoms with Crippen molar-refractivity contribution in [3.63, 3.8) is 0 Å². The monoisotopic (exact) mass is 442 g/mol. The van der Waals surface area contributed by atoms with Gasteiger partial charge in [-0.05, 0) is 88.4 Å². The Bertz CT molecular complexity index is 949. The molecule has 2 aromatic carbocycles. The first-order chi connectivity index (χ1) is 14.9. The lowest BCUT2D eigenvalue weighted by Gasteiger charge is -2.33. The Kier molecular flexibility index (Phi) is 8.42. The molecule has 174 valence electrons. The maximum Gasteiger partial charge on any atom is 0.261 e. The number of carbonyl (C=O) groups is 2. The van der Waals surface area contributed by atoms with E-state index in [1.807, 2.05) is 54.5 Å². The first kappa shape index (κ1) is 25.4. The van der Waals surface area contributed by atoms with Crippen LogP contribution in [0.2, 0.25) is 0 Å². The van der Waals surface area contributed by atoms with Crippen LogP contribution < -0.4 is 10.1 Å². The number of halogens is 1. The SMILES string of the molecule is CC[C@@H](C(=O)NC(C)(C)C)N(Cc1ccc(F)cc1)C(=O)COc1cc(C)cc(C)c1C. The van der Waals surface area contributed by atoms with Crippen LogP contribution >= 0.6 is 0 Å². The minimum absolute atomic E-state index is 0.185. The van der Waals surface area contributed by atoms with Crippen molar-refractivity contribution in [2.75, 3.05) is 6.61 Å². The van der Waals surface area contributed by atoms with Gasteiger partial charge in [-0.1, -0.05) is 25.1 Å². The second-order valence-corrected chi connectivity index (χ2v) is 9.31. The summed E-state index contributed by atoms with van der Waals surface area (Å²) in [6, 6.07) is 9.25. The van der Waals surface area contributed by atoms with E-state index in [0.29, 0.717) is 12.2 Å². The molecule has 0 radical (unpaired) electrons. The fraction of sp³-hybridized carbons (Fsp3) is 0.462. The highest BCUT2D eigenvalue weighted by Gasteiger charge is 2.31. The van der Waals surface area contributed by atoms with E-state index in [1.54, 1.807) is 12.1 Å². The van der Waals surface area contributed by atoms with Crippen LogP contribution in [0.25, 0.3) is 0 Å². The zero-order valence-corrected chi connectivity index (χ0v) is 20.2. The Labute approximate surface area is 191 Å². The molecular weight excluding hydrogens is 407 g/mol. The smallest absolute Gasteiger partial charge is 0.261 e. The molecule has 0 aliphatic heterocycles. The highest BCUT2D eigenvalue weighted by atomic mass is 19.1. The van der Waals surface area contributed by atoms with E-state index in [9.17, 15) is 14.0 Å². The second kappa shape index (κ2) is 10.6. The van der Waals surface area contributed by atoms with E-state index in [2.05, 4.69) is 11.4 Å². The van der Waals surface area contributed by atoms with Crippen LogP contribution in [-0.4, -0.2) is 34.9 Å². The van der Waals surface area contributed by atoms with Crippen LogP contribution in [0.15, 0.2) is 36.4 Å². The predicted octanol–water partition coefficient (Wildman–Crippen LogP) is 4.85. The molecule has 5 nitrogen and oxygen atoms in total. The lowest BCUT2D eigenvalue weighted by molar-refractivity contribution is -0.143. The average Bonchev–Trinajstić information content (AvgIpc) is 2.69. The van der Waals surface area contributed by atoms with Gasteiger partial charge in [-0.3, -0.25) is 9.59 Å². The number of benzene rings is 2. The van der Waals surface area contributed by atoms with Crippen molar-refractivity contribution in [3.8, 4) is 5.75 Å². The van der Waals surface area contributed by atoms with E-state index < -0.39 is 11.6 Å². The standard InChI is InChI=1S/C26H35FN2O3/c1-8-22(25(31)28-26(5,6)7)29(15-20-9-11-21(27)12-10-20)24(30)16-32-23-14-17(2)13-18(3)19(23)4/h9-14,22H,8,15-16H2,1-7H3,(H,28,31)/t22-/m0/s1. The fourth-order valence-corrected chi connectivity index (χ4v) is 3.53. The minimum Gasteiger partial charge on any atom is -0.483 e. The molecule has 0 saturated carbocycles. The van der Waals surface area contributed by atoms with E-state index >= 15 is 0 Å². The third-order valence-electron chi connectivity index (χ3n) is 5.27. The highest BCUT2D eigenvalue weighted by molar-refractivity contribution is 5.88. The summed E-state index contributed by atoms with van der Waals surface area (Å²) in [5.41, 5.74) is 3.43. The number of rotatable bonds is 8. The molecule has 0 aliphatic rings. The zero-order chi connectivity index (χ0) is 24.1. The summed E-state index contributed by atoms with van der Waals surface area (Å²) in [4.78, 5) is 27.8. The van der Waals surface area contributed by atoms with Gasteiger partial charge in [0.05, 0.1) is 0 Å². The van der Waals surface area contributed by atoms with Gasteiger partial charge in [0.1, 0.15) is 17.6 Å². The number of nitrogens with zero attached hydrogens (tertiary/aromatic N) is 1. The van der Waals surface area contributed by atoms with Crippen molar-refractivity contribution in [2.24, 2.45) is 0 Å². The summed E-state index contributed by atoms with van der Waals surface area (Å²) in [7, 11) is 0. The van der Waals surface area contributed by atoms with Crippen LogP contribution in [0.1, 0.15) is 56.4 Å². The quantitative estimate of drug-likeness (QED) is 0.636.